The molecule has 0 aromatic heterocycles. The van der Waals surface area contributed by atoms with Gasteiger partial charge in [-0.3, -0.25) is 4.90 Å². The van der Waals surface area contributed by atoms with Gasteiger partial charge >= 0.3 is 6.09 Å². The monoisotopic (exact) mass is 241 g/mol. The quantitative estimate of drug-likeness (QED) is 0.745. The molecule has 0 bridgehead atoms. The van der Waals surface area contributed by atoms with Crippen LogP contribution in [-0.2, 0) is 4.74 Å². The van der Waals surface area contributed by atoms with Crippen molar-refractivity contribution in [2.45, 2.75) is 6.04 Å². The minimum Gasteiger partial charge on any atom is -0.447 e. The van der Waals surface area contributed by atoms with Crippen molar-refractivity contribution in [3.63, 3.8) is 0 Å². The Labute approximate surface area is 97.1 Å². The summed E-state index contributed by atoms with van der Waals surface area (Å²) in [6.07, 6.45) is 1.12. The maximum Gasteiger partial charge on any atom is 0.415 e. The third kappa shape index (κ3) is 1.76. The molecule has 0 N–H and O–H groups in total. The Morgan fingerprint density at radius 3 is 3.00 bits per heavy atom. The first-order valence-electron chi connectivity index (χ1n) is 4.67. The molecule has 0 spiro atoms. The van der Waals surface area contributed by atoms with E-state index in [4.69, 9.17) is 16.3 Å². The predicted octanol–water partition coefficient (Wildman–Crippen LogP) is 2.99. The fourth-order valence-electron chi connectivity index (χ4n) is 1.54. The first kappa shape index (κ1) is 11.0. The predicted molar refractivity (Wildman–Crippen MR) is 59.2 cm³/mol. The molecule has 1 unspecified atom stereocenters. The third-order valence-corrected chi connectivity index (χ3v) is 2.65. The van der Waals surface area contributed by atoms with Crippen LogP contribution in [0.15, 0.2) is 30.9 Å². The van der Waals surface area contributed by atoms with Gasteiger partial charge in [0.05, 0.1) is 11.1 Å². The van der Waals surface area contributed by atoms with Crippen molar-refractivity contribution in [2.24, 2.45) is 0 Å². The highest BCUT2D eigenvalue weighted by Gasteiger charge is 2.32. The van der Waals surface area contributed by atoms with Crippen molar-refractivity contribution in [1.82, 2.24) is 0 Å². The van der Waals surface area contributed by atoms with Gasteiger partial charge in [-0.1, -0.05) is 17.7 Å². The van der Waals surface area contributed by atoms with Gasteiger partial charge in [-0.05, 0) is 18.2 Å². The van der Waals surface area contributed by atoms with Gasteiger partial charge in [0.15, 0.2) is 0 Å². The van der Waals surface area contributed by atoms with Crippen molar-refractivity contribution in [2.75, 3.05) is 11.5 Å². The number of benzene rings is 1. The number of halogens is 2. The second kappa shape index (κ2) is 4.14. The van der Waals surface area contributed by atoms with Crippen LogP contribution in [0, 0.1) is 5.82 Å². The molecule has 1 fully saturated rings. The Hall–Kier alpha value is -1.55. The molecule has 1 atom stereocenters. The number of hydrogen-bond acceptors (Lipinski definition) is 2. The first-order valence-corrected chi connectivity index (χ1v) is 5.05. The number of anilines is 1. The SMILES string of the molecule is C=CC1COC(=O)N1c1ccc(F)c(Cl)c1. The third-order valence-electron chi connectivity index (χ3n) is 2.36. The molecule has 16 heavy (non-hydrogen) atoms. The van der Waals surface area contributed by atoms with Gasteiger partial charge in [-0.15, -0.1) is 6.58 Å². The Bertz CT molecular complexity index is 450. The Morgan fingerprint density at radius 1 is 1.62 bits per heavy atom. The smallest absolute Gasteiger partial charge is 0.415 e. The van der Waals surface area contributed by atoms with Crippen LogP contribution in [0.5, 0.6) is 0 Å². The van der Waals surface area contributed by atoms with E-state index in [1.54, 1.807) is 6.08 Å². The lowest BCUT2D eigenvalue weighted by Gasteiger charge is -2.18. The number of rotatable bonds is 2. The Kier molecular flexibility index (Phi) is 2.83. The number of carbonyl (C=O) groups is 1. The van der Waals surface area contributed by atoms with E-state index in [-0.39, 0.29) is 17.7 Å². The van der Waals surface area contributed by atoms with Crippen LogP contribution in [0.25, 0.3) is 0 Å². The molecule has 84 valence electrons. The zero-order valence-corrected chi connectivity index (χ0v) is 9.08. The van der Waals surface area contributed by atoms with Crippen LogP contribution < -0.4 is 4.90 Å². The molecule has 0 saturated carbocycles. The molecule has 1 saturated heterocycles. The van der Waals surface area contributed by atoms with Crippen LogP contribution in [0.1, 0.15) is 0 Å². The highest BCUT2D eigenvalue weighted by Crippen LogP contribution is 2.27. The maximum absolute atomic E-state index is 13.0. The van der Waals surface area contributed by atoms with Crippen LogP contribution in [0.4, 0.5) is 14.9 Å². The van der Waals surface area contributed by atoms with Crippen molar-refractivity contribution in [3.05, 3.63) is 41.7 Å². The summed E-state index contributed by atoms with van der Waals surface area (Å²) in [7, 11) is 0. The van der Waals surface area contributed by atoms with E-state index in [1.807, 2.05) is 0 Å². The van der Waals surface area contributed by atoms with Crippen LogP contribution in [-0.4, -0.2) is 18.7 Å². The van der Waals surface area contributed by atoms with Gasteiger partial charge in [-0.25, -0.2) is 9.18 Å². The van der Waals surface area contributed by atoms with Crippen molar-refractivity contribution < 1.29 is 13.9 Å². The summed E-state index contributed by atoms with van der Waals surface area (Å²) in [5.41, 5.74) is 0.499. The van der Waals surface area contributed by atoms with E-state index in [2.05, 4.69) is 6.58 Å². The zero-order valence-electron chi connectivity index (χ0n) is 8.32. The summed E-state index contributed by atoms with van der Waals surface area (Å²) in [4.78, 5) is 12.8. The summed E-state index contributed by atoms with van der Waals surface area (Å²) in [6.45, 7) is 3.86. The fraction of sp³-hybridized carbons (Fsp3) is 0.182. The van der Waals surface area contributed by atoms with Gasteiger partial charge < -0.3 is 4.74 Å². The van der Waals surface area contributed by atoms with E-state index >= 15 is 0 Å². The van der Waals surface area contributed by atoms with Gasteiger partial charge in [0.1, 0.15) is 12.4 Å². The molecule has 1 aliphatic heterocycles. The molecule has 0 aliphatic carbocycles. The molecule has 0 radical (unpaired) electrons. The van der Waals surface area contributed by atoms with Crippen molar-refractivity contribution in [3.8, 4) is 0 Å². The van der Waals surface area contributed by atoms with Crippen molar-refractivity contribution in [1.29, 1.82) is 0 Å². The lowest BCUT2D eigenvalue weighted by Crippen LogP contribution is -2.31. The first-order chi connectivity index (χ1) is 7.63. The number of cyclic esters (lactones) is 1. The van der Waals surface area contributed by atoms with Gasteiger partial charge in [0.2, 0.25) is 0 Å². The van der Waals surface area contributed by atoms with Crippen LogP contribution in [0.3, 0.4) is 0 Å². The summed E-state index contributed by atoms with van der Waals surface area (Å²) >= 11 is 5.65. The molecular formula is C11H9ClFNO2. The van der Waals surface area contributed by atoms with Crippen molar-refractivity contribution >= 4 is 23.4 Å². The molecular weight excluding hydrogens is 233 g/mol. The largest absolute Gasteiger partial charge is 0.447 e. The lowest BCUT2D eigenvalue weighted by molar-refractivity contribution is 0.180. The van der Waals surface area contributed by atoms with Gasteiger partial charge in [0, 0.05) is 5.69 Å². The van der Waals surface area contributed by atoms with Gasteiger partial charge in [0.25, 0.3) is 0 Å². The van der Waals surface area contributed by atoms with E-state index in [0.29, 0.717) is 5.69 Å². The fourth-order valence-corrected chi connectivity index (χ4v) is 1.72. The average molecular weight is 242 g/mol. The van der Waals surface area contributed by atoms with E-state index in [0.717, 1.165) is 0 Å². The molecule has 5 heteroatoms. The number of hydrogen-bond donors (Lipinski definition) is 0. The van der Waals surface area contributed by atoms with E-state index in [9.17, 15) is 9.18 Å². The summed E-state index contributed by atoms with van der Waals surface area (Å²) < 4.78 is 17.8. The summed E-state index contributed by atoms with van der Waals surface area (Å²) in [5.74, 6) is -0.520. The molecule has 1 aromatic carbocycles. The minimum absolute atomic E-state index is 0.0278. The molecule has 1 aliphatic rings. The standard InChI is InChI=1S/C11H9ClFNO2/c1-2-7-6-16-11(15)14(7)8-3-4-10(13)9(12)5-8/h2-5,7H,1,6H2. The highest BCUT2D eigenvalue weighted by molar-refractivity contribution is 6.31. The lowest BCUT2D eigenvalue weighted by atomic mass is 10.2. The number of amides is 1. The zero-order chi connectivity index (χ0) is 11.7. The molecule has 1 aromatic rings. The second-order valence-corrected chi connectivity index (χ2v) is 3.76. The maximum atomic E-state index is 13.0. The molecule has 3 nitrogen and oxygen atoms in total. The van der Waals surface area contributed by atoms with E-state index in [1.165, 1.54) is 23.1 Å². The summed E-state index contributed by atoms with van der Waals surface area (Å²) in [5, 5.41) is -0.0278. The second-order valence-electron chi connectivity index (χ2n) is 3.35. The summed E-state index contributed by atoms with van der Waals surface area (Å²) in [6, 6.07) is 3.84. The molecule has 2 rings (SSSR count). The average Bonchev–Trinajstić information content (AvgIpc) is 2.64. The number of carbonyl (C=O) groups excluding carboxylic acids is 1. The van der Waals surface area contributed by atoms with E-state index < -0.39 is 11.9 Å². The highest BCUT2D eigenvalue weighted by atomic mass is 35.5. The van der Waals surface area contributed by atoms with Crippen LogP contribution >= 0.6 is 11.6 Å². The molecule has 1 amide bonds. The number of ether oxygens (including phenoxy) is 1. The topological polar surface area (TPSA) is 29.5 Å². The normalized spacial score (nSPS) is 19.8. The Balaban J connectivity index is 2.38. The van der Waals surface area contributed by atoms with Crippen LogP contribution in [0.2, 0.25) is 5.02 Å². The minimum atomic E-state index is -0.520. The van der Waals surface area contributed by atoms with Gasteiger partial charge in [-0.2, -0.15) is 0 Å². The Morgan fingerprint density at radius 2 is 2.38 bits per heavy atom. The molecule has 1 heterocycles. The number of nitrogens with zero attached hydrogens (tertiary/aromatic N) is 1.